The van der Waals surface area contributed by atoms with Crippen LogP contribution in [0, 0.1) is 0 Å². The first kappa shape index (κ1) is 12.0. The first-order valence-electron chi connectivity index (χ1n) is 5.39. The van der Waals surface area contributed by atoms with Crippen LogP contribution in [0.15, 0.2) is 29.2 Å². The molecule has 90 valence electrons. The molecule has 1 aromatic carbocycles. The lowest BCUT2D eigenvalue weighted by Gasteiger charge is -2.23. The molecule has 1 atom stereocenters. The fourth-order valence-corrected chi connectivity index (χ4v) is 3.03. The number of rotatable bonds is 3. The number of amides is 1. The molecule has 1 aliphatic heterocycles. The third-order valence-corrected chi connectivity index (χ3v) is 3.81. The monoisotopic (exact) mass is 251 g/mol. The van der Waals surface area contributed by atoms with Gasteiger partial charge in [-0.05, 0) is 23.8 Å². The average molecular weight is 251 g/mol. The number of aliphatic carboxylic acids is 1. The van der Waals surface area contributed by atoms with E-state index in [2.05, 4.69) is 5.32 Å². The molecule has 2 rings (SSSR count). The second-order valence-electron chi connectivity index (χ2n) is 3.84. The van der Waals surface area contributed by atoms with Crippen LogP contribution in [0.3, 0.4) is 0 Å². The van der Waals surface area contributed by atoms with Gasteiger partial charge in [0.1, 0.15) is 6.54 Å². The lowest BCUT2D eigenvalue weighted by molar-refractivity contribution is -0.138. The minimum Gasteiger partial charge on any atom is -0.480 e. The number of benzene rings is 1. The van der Waals surface area contributed by atoms with E-state index in [9.17, 15) is 9.59 Å². The van der Waals surface area contributed by atoms with Gasteiger partial charge in [0.2, 0.25) is 5.91 Å². The summed E-state index contributed by atoms with van der Waals surface area (Å²) in [6.07, 6.45) is 0.757. The number of carboxylic acid groups (broad SMARTS) is 1. The molecule has 0 saturated heterocycles. The maximum Gasteiger partial charge on any atom is 0.322 e. The zero-order chi connectivity index (χ0) is 12.3. The maximum atomic E-state index is 11.9. The predicted molar refractivity (Wildman–Crippen MR) is 65.2 cm³/mol. The molecule has 1 aromatic rings. The number of hydrogen-bond donors (Lipinski definition) is 2. The average Bonchev–Trinajstić information content (AvgIpc) is 2.35. The predicted octanol–water partition coefficient (Wildman–Crippen LogP) is 1.47. The normalized spacial score (nSPS) is 18.2. The Labute approximate surface area is 103 Å². The third kappa shape index (κ3) is 2.79. The van der Waals surface area contributed by atoms with Crippen molar-refractivity contribution in [3.63, 3.8) is 0 Å². The van der Waals surface area contributed by atoms with Gasteiger partial charge in [-0.2, -0.15) is 0 Å². The van der Waals surface area contributed by atoms with Crippen molar-refractivity contribution in [3.05, 3.63) is 29.8 Å². The molecular formula is C12H13NO3S. The fourth-order valence-electron chi connectivity index (χ4n) is 1.90. The zero-order valence-electron chi connectivity index (χ0n) is 9.18. The molecule has 0 saturated carbocycles. The van der Waals surface area contributed by atoms with Gasteiger partial charge < -0.3 is 10.4 Å². The summed E-state index contributed by atoms with van der Waals surface area (Å²) < 4.78 is 0. The summed E-state index contributed by atoms with van der Waals surface area (Å²) in [6.45, 7) is -0.315. The Morgan fingerprint density at radius 2 is 2.18 bits per heavy atom. The number of carboxylic acids is 1. The number of hydrogen-bond acceptors (Lipinski definition) is 3. The van der Waals surface area contributed by atoms with E-state index >= 15 is 0 Å². The molecule has 0 aromatic heterocycles. The van der Waals surface area contributed by atoms with E-state index in [1.54, 1.807) is 11.8 Å². The zero-order valence-corrected chi connectivity index (χ0v) is 10.00. The highest BCUT2D eigenvalue weighted by Gasteiger charge is 2.26. The number of nitrogens with one attached hydrogen (secondary N) is 1. The van der Waals surface area contributed by atoms with E-state index in [0.29, 0.717) is 0 Å². The summed E-state index contributed by atoms with van der Waals surface area (Å²) in [5.74, 6) is -0.536. The molecule has 0 spiro atoms. The van der Waals surface area contributed by atoms with Crippen molar-refractivity contribution < 1.29 is 14.7 Å². The molecule has 0 radical (unpaired) electrons. The number of fused-ring (bicyclic) bond motifs is 1. The fraction of sp³-hybridized carbons (Fsp3) is 0.333. The number of carbonyl (C=O) groups is 2. The highest BCUT2D eigenvalue weighted by Crippen LogP contribution is 2.37. The molecule has 0 bridgehead atoms. The van der Waals surface area contributed by atoms with Crippen LogP contribution in [0.4, 0.5) is 0 Å². The van der Waals surface area contributed by atoms with E-state index in [4.69, 9.17) is 5.11 Å². The van der Waals surface area contributed by atoms with Crippen molar-refractivity contribution in [3.8, 4) is 0 Å². The van der Waals surface area contributed by atoms with Gasteiger partial charge in [0.25, 0.3) is 0 Å². The van der Waals surface area contributed by atoms with Gasteiger partial charge in [0.15, 0.2) is 0 Å². The molecule has 1 amide bonds. The molecule has 17 heavy (non-hydrogen) atoms. The minimum atomic E-state index is -1.02. The first-order valence-corrected chi connectivity index (χ1v) is 6.38. The second kappa shape index (κ2) is 5.23. The first-order chi connectivity index (χ1) is 8.18. The van der Waals surface area contributed by atoms with Crippen LogP contribution < -0.4 is 5.32 Å². The van der Waals surface area contributed by atoms with Gasteiger partial charge in [0.05, 0.1) is 5.92 Å². The molecule has 0 fully saturated rings. The molecule has 2 N–H and O–H groups in total. The smallest absolute Gasteiger partial charge is 0.322 e. The van der Waals surface area contributed by atoms with E-state index in [-0.39, 0.29) is 18.4 Å². The molecule has 1 heterocycles. The maximum absolute atomic E-state index is 11.9. The van der Waals surface area contributed by atoms with E-state index in [0.717, 1.165) is 22.6 Å². The largest absolute Gasteiger partial charge is 0.480 e. The van der Waals surface area contributed by atoms with Crippen molar-refractivity contribution in [1.82, 2.24) is 5.32 Å². The number of carbonyl (C=O) groups excluding carboxylic acids is 1. The molecule has 0 aliphatic carbocycles. The highest BCUT2D eigenvalue weighted by atomic mass is 32.2. The molecular weight excluding hydrogens is 238 g/mol. The Bertz CT molecular complexity index is 447. The van der Waals surface area contributed by atoms with Crippen LogP contribution in [-0.2, 0) is 9.59 Å². The summed E-state index contributed by atoms with van der Waals surface area (Å²) >= 11 is 1.74. The van der Waals surface area contributed by atoms with Crippen LogP contribution >= 0.6 is 11.8 Å². The Kier molecular flexibility index (Phi) is 3.68. The lowest BCUT2D eigenvalue weighted by atomic mass is 9.95. The number of thioether (sulfide) groups is 1. The van der Waals surface area contributed by atoms with Crippen molar-refractivity contribution in [2.75, 3.05) is 12.3 Å². The third-order valence-electron chi connectivity index (χ3n) is 2.69. The Balaban J connectivity index is 2.12. The van der Waals surface area contributed by atoms with Gasteiger partial charge in [-0.3, -0.25) is 9.59 Å². The van der Waals surface area contributed by atoms with Gasteiger partial charge >= 0.3 is 5.97 Å². The topological polar surface area (TPSA) is 66.4 Å². The van der Waals surface area contributed by atoms with E-state index in [1.165, 1.54) is 0 Å². The quantitative estimate of drug-likeness (QED) is 0.853. The van der Waals surface area contributed by atoms with Gasteiger partial charge in [-0.1, -0.05) is 18.2 Å². The summed E-state index contributed by atoms with van der Waals surface area (Å²) in [4.78, 5) is 23.4. The van der Waals surface area contributed by atoms with Crippen LogP contribution in [0.1, 0.15) is 17.9 Å². The molecule has 4 nitrogen and oxygen atoms in total. The second-order valence-corrected chi connectivity index (χ2v) is 4.98. The molecule has 5 heteroatoms. The Hall–Kier alpha value is -1.49. The van der Waals surface area contributed by atoms with E-state index in [1.807, 2.05) is 24.3 Å². The van der Waals surface area contributed by atoms with Crippen molar-refractivity contribution in [2.24, 2.45) is 0 Å². The lowest BCUT2D eigenvalue weighted by Crippen LogP contribution is -2.34. The van der Waals surface area contributed by atoms with Crippen molar-refractivity contribution in [2.45, 2.75) is 17.2 Å². The summed E-state index contributed by atoms with van der Waals surface area (Å²) in [6, 6.07) is 7.79. The van der Waals surface area contributed by atoms with Crippen LogP contribution in [0.25, 0.3) is 0 Å². The molecule has 1 aliphatic rings. The van der Waals surface area contributed by atoms with E-state index < -0.39 is 5.97 Å². The Morgan fingerprint density at radius 1 is 1.41 bits per heavy atom. The van der Waals surface area contributed by atoms with Crippen LogP contribution in [0.2, 0.25) is 0 Å². The van der Waals surface area contributed by atoms with Crippen LogP contribution in [-0.4, -0.2) is 29.3 Å². The SMILES string of the molecule is O=C(O)CNC(=O)C1CCSc2ccccc21. The van der Waals surface area contributed by atoms with Crippen LogP contribution in [0.5, 0.6) is 0 Å². The molecule has 1 unspecified atom stereocenters. The van der Waals surface area contributed by atoms with Gasteiger partial charge in [0, 0.05) is 4.90 Å². The summed E-state index contributed by atoms with van der Waals surface area (Å²) in [7, 11) is 0. The van der Waals surface area contributed by atoms with Gasteiger partial charge in [-0.25, -0.2) is 0 Å². The summed E-state index contributed by atoms with van der Waals surface area (Å²) in [5, 5.41) is 11.0. The van der Waals surface area contributed by atoms with Crippen molar-refractivity contribution in [1.29, 1.82) is 0 Å². The van der Waals surface area contributed by atoms with Gasteiger partial charge in [-0.15, -0.1) is 11.8 Å². The van der Waals surface area contributed by atoms with Crippen molar-refractivity contribution >= 4 is 23.6 Å². The summed E-state index contributed by atoms with van der Waals surface area (Å²) in [5.41, 5.74) is 1.01. The highest BCUT2D eigenvalue weighted by molar-refractivity contribution is 7.99. The standard InChI is InChI=1S/C12H13NO3S/c14-11(15)7-13-12(16)9-5-6-17-10-4-2-1-3-8(9)10/h1-4,9H,5-7H2,(H,13,16)(H,14,15). The Morgan fingerprint density at radius 3 is 2.94 bits per heavy atom. The minimum absolute atomic E-state index is 0.194.